The third-order valence-corrected chi connectivity index (χ3v) is 4.23. The molecule has 1 aromatic carbocycles. The third-order valence-electron chi connectivity index (χ3n) is 4.23. The molecule has 2 N–H and O–H groups in total. The van der Waals surface area contributed by atoms with Crippen molar-refractivity contribution in [2.45, 2.75) is 38.8 Å². The Morgan fingerprint density at radius 2 is 2.05 bits per heavy atom. The molecule has 0 aliphatic heterocycles. The Labute approximate surface area is 121 Å². The lowest BCUT2D eigenvalue weighted by Gasteiger charge is -2.22. The molecule has 0 saturated heterocycles. The van der Waals surface area contributed by atoms with Gasteiger partial charge in [0.05, 0.1) is 7.11 Å². The fourth-order valence-corrected chi connectivity index (χ4v) is 2.13. The standard InChI is InChI=1S/C16H25NO3/c1-12(16(2)7-8-16)17-10-13(18)11-20-15-6-4-5-14(9-15)19-3/h4-6,9,12-13,17-18H,7-8,10-11H2,1-3H3/t12-,13+/m1/s1. The first-order valence-corrected chi connectivity index (χ1v) is 7.22. The minimum Gasteiger partial charge on any atom is -0.497 e. The molecule has 1 saturated carbocycles. The van der Waals surface area contributed by atoms with Gasteiger partial charge >= 0.3 is 0 Å². The smallest absolute Gasteiger partial charge is 0.123 e. The van der Waals surface area contributed by atoms with Crippen molar-refractivity contribution in [3.05, 3.63) is 24.3 Å². The summed E-state index contributed by atoms with van der Waals surface area (Å²) < 4.78 is 10.7. The van der Waals surface area contributed by atoms with Crippen molar-refractivity contribution in [2.24, 2.45) is 5.41 Å². The second-order valence-electron chi connectivity index (χ2n) is 5.93. The van der Waals surface area contributed by atoms with Crippen LogP contribution >= 0.6 is 0 Å². The van der Waals surface area contributed by atoms with E-state index in [2.05, 4.69) is 19.2 Å². The van der Waals surface area contributed by atoms with Crippen molar-refractivity contribution in [1.82, 2.24) is 5.32 Å². The highest BCUT2D eigenvalue weighted by molar-refractivity contribution is 5.32. The highest BCUT2D eigenvalue weighted by atomic mass is 16.5. The first-order chi connectivity index (χ1) is 9.53. The molecular weight excluding hydrogens is 254 g/mol. The Kier molecular flexibility index (Phi) is 4.89. The monoisotopic (exact) mass is 279 g/mol. The molecule has 0 radical (unpaired) electrons. The molecule has 1 aromatic rings. The van der Waals surface area contributed by atoms with Crippen LogP contribution in [0.4, 0.5) is 0 Å². The van der Waals surface area contributed by atoms with Gasteiger partial charge in [0.2, 0.25) is 0 Å². The molecule has 0 aromatic heterocycles. The molecule has 1 aliphatic carbocycles. The number of aliphatic hydroxyl groups is 1. The van der Waals surface area contributed by atoms with Gasteiger partial charge in [-0.15, -0.1) is 0 Å². The van der Waals surface area contributed by atoms with Gasteiger partial charge in [-0.3, -0.25) is 0 Å². The Morgan fingerprint density at radius 3 is 2.70 bits per heavy atom. The van der Waals surface area contributed by atoms with E-state index in [0.29, 0.717) is 23.8 Å². The molecule has 0 unspecified atom stereocenters. The zero-order valence-electron chi connectivity index (χ0n) is 12.6. The summed E-state index contributed by atoms with van der Waals surface area (Å²) in [5.41, 5.74) is 0.424. The molecule has 0 heterocycles. The van der Waals surface area contributed by atoms with Crippen LogP contribution in [0.5, 0.6) is 11.5 Å². The molecule has 20 heavy (non-hydrogen) atoms. The Balaban J connectivity index is 1.70. The van der Waals surface area contributed by atoms with E-state index in [1.165, 1.54) is 12.8 Å². The average molecular weight is 279 g/mol. The maximum Gasteiger partial charge on any atom is 0.123 e. The third kappa shape index (κ3) is 4.12. The van der Waals surface area contributed by atoms with Crippen LogP contribution in [0.1, 0.15) is 26.7 Å². The highest BCUT2D eigenvalue weighted by Crippen LogP contribution is 2.47. The summed E-state index contributed by atoms with van der Waals surface area (Å²) in [7, 11) is 1.62. The zero-order valence-corrected chi connectivity index (χ0v) is 12.6. The minimum atomic E-state index is -0.508. The summed E-state index contributed by atoms with van der Waals surface area (Å²) in [6.07, 6.45) is 2.04. The van der Waals surface area contributed by atoms with Gasteiger partial charge in [0.1, 0.15) is 24.2 Å². The molecule has 1 fully saturated rings. The summed E-state index contributed by atoms with van der Waals surface area (Å²) in [5, 5.41) is 13.3. The predicted molar refractivity (Wildman–Crippen MR) is 79.3 cm³/mol. The van der Waals surface area contributed by atoms with Crippen molar-refractivity contribution < 1.29 is 14.6 Å². The van der Waals surface area contributed by atoms with Crippen LogP contribution in [-0.2, 0) is 0 Å². The van der Waals surface area contributed by atoms with E-state index in [0.717, 1.165) is 5.75 Å². The lowest BCUT2D eigenvalue weighted by Crippen LogP contribution is -2.40. The SMILES string of the molecule is COc1cccc(OC[C@@H](O)CN[C@H](C)C2(C)CC2)c1. The van der Waals surface area contributed by atoms with E-state index in [-0.39, 0.29) is 6.61 Å². The maximum absolute atomic E-state index is 9.95. The zero-order chi connectivity index (χ0) is 14.6. The summed E-state index contributed by atoms with van der Waals surface area (Å²) in [6.45, 7) is 5.30. The van der Waals surface area contributed by atoms with Crippen LogP contribution < -0.4 is 14.8 Å². The lowest BCUT2D eigenvalue weighted by molar-refractivity contribution is 0.101. The minimum absolute atomic E-state index is 0.281. The fraction of sp³-hybridized carbons (Fsp3) is 0.625. The van der Waals surface area contributed by atoms with Crippen LogP contribution in [0.2, 0.25) is 0 Å². The van der Waals surface area contributed by atoms with Crippen LogP contribution in [0.25, 0.3) is 0 Å². The Morgan fingerprint density at radius 1 is 1.35 bits per heavy atom. The first-order valence-electron chi connectivity index (χ1n) is 7.22. The van der Waals surface area contributed by atoms with Gasteiger partial charge in [0.25, 0.3) is 0 Å². The molecule has 4 nitrogen and oxygen atoms in total. The fourth-order valence-electron chi connectivity index (χ4n) is 2.13. The van der Waals surface area contributed by atoms with Crippen LogP contribution in [-0.4, -0.2) is 37.5 Å². The van der Waals surface area contributed by atoms with Gasteiger partial charge in [-0.05, 0) is 37.3 Å². The topological polar surface area (TPSA) is 50.7 Å². The molecule has 2 rings (SSSR count). The van der Waals surface area contributed by atoms with Gasteiger partial charge in [-0.2, -0.15) is 0 Å². The van der Waals surface area contributed by atoms with Crippen LogP contribution in [0.15, 0.2) is 24.3 Å². The van der Waals surface area contributed by atoms with Gasteiger partial charge in [-0.1, -0.05) is 13.0 Å². The number of hydrogen-bond acceptors (Lipinski definition) is 4. The number of aliphatic hydroxyl groups excluding tert-OH is 1. The van der Waals surface area contributed by atoms with E-state index in [4.69, 9.17) is 9.47 Å². The summed E-state index contributed by atoms with van der Waals surface area (Å²) in [6, 6.07) is 7.84. The summed E-state index contributed by atoms with van der Waals surface area (Å²) in [4.78, 5) is 0. The normalized spacial score (nSPS) is 19.2. The van der Waals surface area contributed by atoms with Gasteiger partial charge < -0.3 is 19.9 Å². The second kappa shape index (κ2) is 6.46. The predicted octanol–water partition coefficient (Wildman–Crippen LogP) is 2.21. The highest BCUT2D eigenvalue weighted by Gasteiger charge is 2.42. The molecule has 4 heteroatoms. The largest absolute Gasteiger partial charge is 0.497 e. The lowest BCUT2D eigenvalue weighted by atomic mass is 10.0. The van der Waals surface area contributed by atoms with Crippen molar-refractivity contribution in [3.63, 3.8) is 0 Å². The molecule has 112 valence electrons. The Bertz CT molecular complexity index is 431. The molecule has 1 aliphatic rings. The Hall–Kier alpha value is -1.26. The van der Waals surface area contributed by atoms with Crippen LogP contribution in [0, 0.1) is 5.41 Å². The van der Waals surface area contributed by atoms with Crippen molar-refractivity contribution in [2.75, 3.05) is 20.3 Å². The van der Waals surface area contributed by atoms with Gasteiger partial charge in [0.15, 0.2) is 0 Å². The second-order valence-corrected chi connectivity index (χ2v) is 5.93. The van der Waals surface area contributed by atoms with E-state index < -0.39 is 6.10 Å². The number of rotatable bonds is 8. The number of hydrogen-bond donors (Lipinski definition) is 2. The van der Waals surface area contributed by atoms with E-state index in [9.17, 15) is 5.11 Å². The molecule has 2 atom stereocenters. The molecule has 0 bridgehead atoms. The van der Waals surface area contributed by atoms with E-state index in [1.807, 2.05) is 24.3 Å². The first kappa shape index (κ1) is 15.1. The van der Waals surface area contributed by atoms with Crippen molar-refractivity contribution in [1.29, 1.82) is 0 Å². The number of nitrogens with one attached hydrogen (secondary N) is 1. The number of benzene rings is 1. The molecule has 0 amide bonds. The quantitative estimate of drug-likeness (QED) is 0.766. The maximum atomic E-state index is 9.95. The number of methoxy groups -OCH3 is 1. The van der Waals surface area contributed by atoms with Gasteiger partial charge in [-0.25, -0.2) is 0 Å². The van der Waals surface area contributed by atoms with Gasteiger partial charge in [0, 0.05) is 18.7 Å². The van der Waals surface area contributed by atoms with E-state index in [1.54, 1.807) is 7.11 Å². The number of ether oxygens (including phenoxy) is 2. The van der Waals surface area contributed by atoms with Crippen molar-refractivity contribution >= 4 is 0 Å². The molecule has 0 spiro atoms. The molecular formula is C16H25NO3. The van der Waals surface area contributed by atoms with E-state index >= 15 is 0 Å². The summed E-state index contributed by atoms with van der Waals surface area (Å²) in [5.74, 6) is 1.47. The van der Waals surface area contributed by atoms with Crippen molar-refractivity contribution in [3.8, 4) is 11.5 Å². The van der Waals surface area contributed by atoms with Crippen LogP contribution in [0.3, 0.4) is 0 Å². The average Bonchev–Trinajstić information content (AvgIpc) is 3.22. The summed E-state index contributed by atoms with van der Waals surface area (Å²) >= 11 is 0.